The second-order valence-corrected chi connectivity index (χ2v) is 10.2. The second-order valence-electron chi connectivity index (χ2n) is 10.2. The molecule has 1 atom stereocenters. The number of para-hydroxylation sites is 4. The minimum atomic E-state index is -1.22. The van der Waals surface area contributed by atoms with Crippen molar-refractivity contribution in [3.63, 3.8) is 0 Å². The summed E-state index contributed by atoms with van der Waals surface area (Å²) in [6.45, 7) is 0. The van der Waals surface area contributed by atoms with E-state index in [1.165, 1.54) is 6.07 Å². The molecule has 2 heterocycles. The predicted molar refractivity (Wildman–Crippen MR) is 168 cm³/mol. The highest BCUT2D eigenvalue weighted by molar-refractivity contribution is 6.14. The summed E-state index contributed by atoms with van der Waals surface area (Å²) in [5.41, 5.74) is 3.49. The Bertz CT molecular complexity index is 2010. The van der Waals surface area contributed by atoms with Crippen molar-refractivity contribution < 1.29 is 24.3 Å². The highest BCUT2D eigenvalue weighted by atomic mass is 16.4. The first kappa shape index (κ1) is 28.0. The maximum atomic E-state index is 13.4. The maximum Gasteiger partial charge on any atom is 0.326 e. The Labute approximate surface area is 251 Å². The van der Waals surface area contributed by atoms with Crippen LogP contribution in [0.15, 0.2) is 109 Å². The highest BCUT2D eigenvalue weighted by Gasteiger charge is 2.24. The molecule has 218 valence electrons. The molecule has 6 aromatic rings. The molecule has 2 aromatic heterocycles. The summed E-state index contributed by atoms with van der Waals surface area (Å²) in [7, 11) is 0. The Kier molecular flexibility index (Phi) is 7.62. The summed E-state index contributed by atoms with van der Waals surface area (Å²) >= 11 is 0. The SMILES string of the molecule is O=C(Nc1ccccc1C(=O)Nc1ccccc1C(=O)NC(Cc1c[nH]c2ccccc12)C(=O)O)c1cc2ccccc2[nH]1. The number of amides is 3. The van der Waals surface area contributed by atoms with Crippen LogP contribution in [0.25, 0.3) is 21.8 Å². The number of carboxylic acids is 1. The van der Waals surface area contributed by atoms with Crippen LogP contribution >= 0.6 is 0 Å². The van der Waals surface area contributed by atoms with Crippen LogP contribution in [0.4, 0.5) is 11.4 Å². The largest absolute Gasteiger partial charge is 0.480 e. The summed E-state index contributed by atoms with van der Waals surface area (Å²) in [5, 5.41) is 19.8. The van der Waals surface area contributed by atoms with Crippen LogP contribution in [0.2, 0.25) is 0 Å². The van der Waals surface area contributed by atoms with E-state index in [-0.39, 0.29) is 28.9 Å². The number of rotatable bonds is 9. The molecule has 6 rings (SSSR count). The number of aromatic amines is 2. The zero-order chi connectivity index (χ0) is 30.6. The Morgan fingerprint density at radius 3 is 1.98 bits per heavy atom. The third-order valence-corrected chi connectivity index (χ3v) is 7.32. The van der Waals surface area contributed by atoms with E-state index in [1.807, 2.05) is 48.5 Å². The first-order chi connectivity index (χ1) is 21.4. The molecule has 0 saturated heterocycles. The van der Waals surface area contributed by atoms with E-state index in [0.717, 1.165) is 27.4 Å². The fourth-order valence-electron chi connectivity index (χ4n) is 5.11. The fraction of sp³-hybridized carbons (Fsp3) is 0.0588. The number of benzene rings is 4. The van der Waals surface area contributed by atoms with Gasteiger partial charge in [-0.2, -0.15) is 0 Å². The van der Waals surface area contributed by atoms with Gasteiger partial charge < -0.3 is 31.0 Å². The van der Waals surface area contributed by atoms with Gasteiger partial charge >= 0.3 is 5.97 Å². The molecule has 0 aliphatic heterocycles. The number of aromatic nitrogens is 2. The normalized spacial score (nSPS) is 11.6. The van der Waals surface area contributed by atoms with Gasteiger partial charge in [0.1, 0.15) is 11.7 Å². The molecule has 10 heteroatoms. The summed E-state index contributed by atoms with van der Waals surface area (Å²) in [6, 6.07) is 28.3. The van der Waals surface area contributed by atoms with Gasteiger partial charge in [-0.1, -0.05) is 60.7 Å². The zero-order valence-corrected chi connectivity index (χ0v) is 23.3. The average Bonchev–Trinajstić information content (AvgIpc) is 3.66. The van der Waals surface area contributed by atoms with E-state index in [0.29, 0.717) is 5.69 Å². The van der Waals surface area contributed by atoms with Crippen molar-refractivity contribution in [1.82, 2.24) is 15.3 Å². The Morgan fingerprint density at radius 2 is 1.27 bits per heavy atom. The van der Waals surface area contributed by atoms with Gasteiger partial charge in [0.15, 0.2) is 0 Å². The van der Waals surface area contributed by atoms with Crippen LogP contribution in [0.1, 0.15) is 36.8 Å². The molecule has 44 heavy (non-hydrogen) atoms. The summed E-state index contributed by atoms with van der Waals surface area (Å²) in [4.78, 5) is 58.1. The summed E-state index contributed by atoms with van der Waals surface area (Å²) in [6.07, 6.45) is 1.79. The number of nitrogens with one attached hydrogen (secondary N) is 5. The fourth-order valence-corrected chi connectivity index (χ4v) is 5.11. The number of hydrogen-bond donors (Lipinski definition) is 6. The lowest BCUT2D eigenvalue weighted by atomic mass is 10.0. The molecular formula is C34H27N5O5. The van der Waals surface area contributed by atoms with Crippen LogP contribution in [0.5, 0.6) is 0 Å². The lowest BCUT2D eigenvalue weighted by Crippen LogP contribution is -2.42. The smallest absolute Gasteiger partial charge is 0.326 e. The number of H-pyrrole nitrogens is 2. The van der Waals surface area contributed by atoms with Crippen LogP contribution in [0.3, 0.4) is 0 Å². The lowest BCUT2D eigenvalue weighted by Gasteiger charge is -2.17. The average molecular weight is 586 g/mol. The number of fused-ring (bicyclic) bond motifs is 2. The monoisotopic (exact) mass is 585 g/mol. The third kappa shape index (κ3) is 5.77. The van der Waals surface area contributed by atoms with E-state index < -0.39 is 29.7 Å². The molecule has 0 spiro atoms. The Morgan fingerprint density at radius 1 is 0.682 bits per heavy atom. The van der Waals surface area contributed by atoms with Gasteiger partial charge in [0.2, 0.25) is 0 Å². The lowest BCUT2D eigenvalue weighted by molar-refractivity contribution is -0.139. The highest BCUT2D eigenvalue weighted by Crippen LogP contribution is 2.23. The number of carbonyl (C=O) groups excluding carboxylic acids is 3. The number of carbonyl (C=O) groups is 4. The standard InChI is InChI=1S/C34H27N5O5/c40-31(24-12-4-8-16-28(24)38-33(42)29-17-20-9-1-5-13-25(20)36-29)37-27-15-7-3-11-23(27)32(41)39-30(34(43)44)18-21-19-35-26-14-6-2-10-22(21)26/h1-17,19,30,35-36H,18H2,(H,37,40)(H,38,42)(H,39,41)(H,43,44). The van der Waals surface area contributed by atoms with Crippen molar-refractivity contribution >= 4 is 56.9 Å². The molecule has 0 bridgehead atoms. The van der Waals surface area contributed by atoms with Crippen molar-refractivity contribution in [2.45, 2.75) is 12.5 Å². The molecule has 1 unspecified atom stereocenters. The Balaban J connectivity index is 1.19. The molecule has 10 nitrogen and oxygen atoms in total. The van der Waals surface area contributed by atoms with E-state index in [2.05, 4.69) is 25.9 Å². The predicted octanol–water partition coefficient (Wildman–Crippen LogP) is 5.58. The molecule has 0 saturated carbocycles. The van der Waals surface area contributed by atoms with Gasteiger partial charge in [-0.05, 0) is 48.0 Å². The van der Waals surface area contributed by atoms with E-state index in [9.17, 15) is 24.3 Å². The number of carboxylic acid groups (broad SMARTS) is 1. The summed E-state index contributed by atoms with van der Waals surface area (Å²) in [5.74, 6) is -2.83. The summed E-state index contributed by atoms with van der Waals surface area (Å²) < 4.78 is 0. The molecule has 0 fully saturated rings. The molecule has 0 aliphatic carbocycles. The molecule has 3 amide bonds. The zero-order valence-electron chi connectivity index (χ0n) is 23.3. The first-order valence-corrected chi connectivity index (χ1v) is 13.8. The van der Waals surface area contributed by atoms with Crippen LogP contribution in [-0.4, -0.2) is 44.8 Å². The van der Waals surface area contributed by atoms with Gasteiger partial charge in [0.05, 0.1) is 22.5 Å². The van der Waals surface area contributed by atoms with Crippen molar-refractivity contribution in [3.8, 4) is 0 Å². The molecular weight excluding hydrogens is 558 g/mol. The first-order valence-electron chi connectivity index (χ1n) is 13.8. The van der Waals surface area contributed by atoms with E-state index in [4.69, 9.17) is 0 Å². The minimum absolute atomic E-state index is 0.0586. The quantitative estimate of drug-likeness (QED) is 0.131. The van der Waals surface area contributed by atoms with Crippen LogP contribution < -0.4 is 16.0 Å². The molecule has 0 radical (unpaired) electrons. The molecule has 0 aliphatic rings. The van der Waals surface area contributed by atoms with Crippen molar-refractivity contribution in [3.05, 3.63) is 132 Å². The maximum absolute atomic E-state index is 13.4. The van der Waals surface area contributed by atoms with Gasteiger partial charge in [0, 0.05) is 34.4 Å². The van der Waals surface area contributed by atoms with Crippen molar-refractivity contribution in [2.24, 2.45) is 0 Å². The number of aliphatic carboxylic acids is 1. The van der Waals surface area contributed by atoms with Crippen LogP contribution in [-0.2, 0) is 11.2 Å². The Hall–Kier alpha value is -6.16. The third-order valence-electron chi connectivity index (χ3n) is 7.32. The number of anilines is 2. The number of hydrogen-bond acceptors (Lipinski definition) is 4. The van der Waals surface area contributed by atoms with Crippen molar-refractivity contribution in [2.75, 3.05) is 10.6 Å². The molecule has 4 aromatic carbocycles. The van der Waals surface area contributed by atoms with Gasteiger partial charge in [-0.3, -0.25) is 14.4 Å². The molecule has 6 N–H and O–H groups in total. The van der Waals surface area contributed by atoms with Gasteiger partial charge in [-0.25, -0.2) is 4.79 Å². The van der Waals surface area contributed by atoms with Crippen LogP contribution in [0, 0.1) is 0 Å². The van der Waals surface area contributed by atoms with Gasteiger partial charge in [0.25, 0.3) is 17.7 Å². The second kappa shape index (κ2) is 12.0. The van der Waals surface area contributed by atoms with Gasteiger partial charge in [-0.15, -0.1) is 0 Å². The minimum Gasteiger partial charge on any atom is -0.480 e. The van der Waals surface area contributed by atoms with E-state index >= 15 is 0 Å². The van der Waals surface area contributed by atoms with E-state index in [1.54, 1.807) is 54.7 Å². The topological polar surface area (TPSA) is 156 Å². The van der Waals surface area contributed by atoms with Crippen molar-refractivity contribution in [1.29, 1.82) is 0 Å².